The predicted molar refractivity (Wildman–Crippen MR) is 45.8 cm³/mol. The van der Waals surface area contributed by atoms with E-state index in [0.29, 0.717) is 6.42 Å². The van der Waals surface area contributed by atoms with Gasteiger partial charge in [0.2, 0.25) is 0 Å². The molecule has 0 aliphatic heterocycles. The third kappa shape index (κ3) is 0.843. The van der Waals surface area contributed by atoms with E-state index in [9.17, 15) is 4.79 Å². The number of ketones is 1. The first kappa shape index (κ1) is 7.35. The van der Waals surface area contributed by atoms with Gasteiger partial charge in [-0.25, -0.2) is 0 Å². The van der Waals surface area contributed by atoms with Crippen LogP contribution in [0.4, 0.5) is 0 Å². The third-order valence-corrected chi connectivity index (χ3v) is 2.18. The van der Waals surface area contributed by atoms with Crippen LogP contribution in [0.5, 0.6) is 5.75 Å². The van der Waals surface area contributed by atoms with Gasteiger partial charge in [0.15, 0.2) is 5.78 Å². The number of carbonyl (C=O) groups excluding carboxylic acids is 1. The summed E-state index contributed by atoms with van der Waals surface area (Å²) in [7, 11) is 1.60. The summed E-state index contributed by atoms with van der Waals surface area (Å²) in [6.07, 6.45) is 0.577. The number of fused-ring (bicyclic) bond motifs is 1. The zero-order valence-corrected chi connectivity index (χ0v) is 7.18. The molecule has 0 radical (unpaired) electrons. The molecule has 62 valence electrons. The van der Waals surface area contributed by atoms with Crippen molar-refractivity contribution in [3.05, 3.63) is 28.8 Å². The number of hydrogen-bond acceptors (Lipinski definition) is 2. The Morgan fingerprint density at radius 3 is 2.75 bits per heavy atom. The topological polar surface area (TPSA) is 26.3 Å². The van der Waals surface area contributed by atoms with Crippen LogP contribution in [0, 0.1) is 6.92 Å². The molecule has 1 aliphatic carbocycles. The molecule has 0 amide bonds. The number of carbonyl (C=O) groups is 1. The van der Waals surface area contributed by atoms with E-state index in [-0.39, 0.29) is 5.78 Å². The number of ether oxygens (including phenoxy) is 1. The number of hydrogen-bond donors (Lipinski definition) is 0. The predicted octanol–water partition coefficient (Wildman–Crippen LogP) is 1.74. The van der Waals surface area contributed by atoms with Crippen LogP contribution in [0.2, 0.25) is 0 Å². The standard InChI is InChI=1S/C10H10O2/c1-6-3-7-5-8(11)10(7)9(4-6)12-2/h3-4H,5H2,1-2H3. The molecule has 1 aromatic rings. The second-order valence-corrected chi connectivity index (χ2v) is 3.10. The van der Waals surface area contributed by atoms with Gasteiger partial charge in [0, 0.05) is 6.42 Å². The van der Waals surface area contributed by atoms with Gasteiger partial charge in [-0.05, 0) is 24.1 Å². The molecule has 2 nitrogen and oxygen atoms in total. The lowest BCUT2D eigenvalue weighted by Gasteiger charge is -2.20. The SMILES string of the molecule is COc1cc(C)cc2c1C(=O)C2. The second kappa shape index (κ2) is 2.34. The van der Waals surface area contributed by atoms with E-state index in [0.717, 1.165) is 22.4 Å². The zero-order chi connectivity index (χ0) is 8.72. The Balaban J connectivity index is 2.61. The van der Waals surface area contributed by atoms with Gasteiger partial charge in [-0.15, -0.1) is 0 Å². The molecular formula is C10H10O2. The number of Topliss-reactive ketones (excluding diaryl/α,β-unsaturated/α-hetero) is 1. The van der Waals surface area contributed by atoms with Crippen molar-refractivity contribution in [2.75, 3.05) is 7.11 Å². The first-order valence-electron chi connectivity index (χ1n) is 3.93. The van der Waals surface area contributed by atoms with Gasteiger partial charge in [0.05, 0.1) is 12.7 Å². The van der Waals surface area contributed by atoms with Gasteiger partial charge in [-0.2, -0.15) is 0 Å². The van der Waals surface area contributed by atoms with Crippen LogP contribution >= 0.6 is 0 Å². The highest BCUT2D eigenvalue weighted by Crippen LogP contribution is 2.32. The van der Waals surface area contributed by atoms with Gasteiger partial charge >= 0.3 is 0 Å². The van der Waals surface area contributed by atoms with Crippen LogP contribution in [0.25, 0.3) is 0 Å². The van der Waals surface area contributed by atoms with Crippen molar-refractivity contribution < 1.29 is 9.53 Å². The van der Waals surface area contributed by atoms with E-state index in [1.54, 1.807) is 7.11 Å². The Morgan fingerprint density at radius 1 is 1.42 bits per heavy atom. The summed E-state index contributed by atoms with van der Waals surface area (Å²) >= 11 is 0. The molecule has 0 saturated heterocycles. The van der Waals surface area contributed by atoms with Gasteiger partial charge in [-0.3, -0.25) is 4.79 Å². The van der Waals surface area contributed by atoms with Crippen molar-refractivity contribution in [3.8, 4) is 5.75 Å². The van der Waals surface area contributed by atoms with Crippen LogP contribution in [0.1, 0.15) is 21.5 Å². The van der Waals surface area contributed by atoms with Crippen LogP contribution in [-0.4, -0.2) is 12.9 Å². The van der Waals surface area contributed by atoms with Gasteiger partial charge in [0.25, 0.3) is 0 Å². The number of benzene rings is 1. The molecule has 0 bridgehead atoms. The lowest BCUT2D eigenvalue weighted by Crippen LogP contribution is -2.20. The number of methoxy groups -OCH3 is 1. The maximum absolute atomic E-state index is 11.1. The fraction of sp³-hybridized carbons (Fsp3) is 0.300. The van der Waals surface area contributed by atoms with Gasteiger partial charge in [0.1, 0.15) is 5.75 Å². The number of rotatable bonds is 1. The average molecular weight is 162 g/mol. The van der Waals surface area contributed by atoms with Crippen molar-refractivity contribution in [3.63, 3.8) is 0 Å². The molecule has 12 heavy (non-hydrogen) atoms. The Labute approximate surface area is 71.2 Å². The Bertz CT molecular complexity index is 353. The Morgan fingerprint density at radius 2 is 2.17 bits per heavy atom. The molecule has 1 aliphatic rings. The highest BCUT2D eigenvalue weighted by atomic mass is 16.5. The fourth-order valence-electron chi connectivity index (χ4n) is 1.60. The minimum absolute atomic E-state index is 0.196. The lowest BCUT2D eigenvalue weighted by molar-refractivity contribution is 0.0964. The minimum Gasteiger partial charge on any atom is -0.496 e. The van der Waals surface area contributed by atoms with Crippen LogP contribution in [0.15, 0.2) is 12.1 Å². The van der Waals surface area contributed by atoms with E-state index < -0.39 is 0 Å². The molecule has 0 aromatic heterocycles. The maximum atomic E-state index is 11.1. The summed E-state index contributed by atoms with van der Waals surface area (Å²) in [5.74, 6) is 0.920. The highest BCUT2D eigenvalue weighted by Gasteiger charge is 2.27. The molecule has 0 N–H and O–H groups in total. The molecule has 1 aromatic carbocycles. The van der Waals surface area contributed by atoms with Crippen LogP contribution in [0.3, 0.4) is 0 Å². The summed E-state index contributed by atoms with van der Waals surface area (Å²) in [4.78, 5) is 11.1. The molecule has 0 spiro atoms. The van der Waals surface area contributed by atoms with Crippen molar-refractivity contribution in [1.82, 2.24) is 0 Å². The molecule has 0 atom stereocenters. The Kier molecular flexibility index (Phi) is 1.43. The minimum atomic E-state index is 0.196. The van der Waals surface area contributed by atoms with E-state index in [2.05, 4.69) is 0 Å². The fourth-order valence-corrected chi connectivity index (χ4v) is 1.60. The van der Waals surface area contributed by atoms with Crippen LogP contribution < -0.4 is 4.74 Å². The molecule has 0 saturated carbocycles. The van der Waals surface area contributed by atoms with Crippen molar-refractivity contribution in [2.45, 2.75) is 13.3 Å². The van der Waals surface area contributed by atoms with E-state index >= 15 is 0 Å². The summed E-state index contributed by atoms with van der Waals surface area (Å²) in [6, 6.07) is 3.94. The van der Waals surface area contributed by atoms with E-state index in [4.69, 9.17) is 4.74 Å². The molecule has 2 rings (SSSR count). The summed E-state index contributed by atoms with van der Waals surface area (Å²) in [5, 5.41) is 0. The first-order valence-corrected chi connectivity index (χ1v) is 3.93. The number of aryl methyl sites for hydroxylation is 1. The van der Waals surface area contributed by atoms with Crippen molar-refractivity contribution in [2.24, 2.45) is 0 Å². The first-order chi connectivity index (χ1) is 5.72. The highest BCUT2D eigenvalue weighted by molar-refractivity contribution is 6.09. The lowest BCUT2D eigenvalue weighted by atomic mass is 9.85. The average Bonchev–Trinajstić information content (AvgIpc) is 2.01. The second-order valence-electron chi connectivity index (χ2n) is 3.10. The summed E-state index contributed by atoms with van der Waals surface area (Å²) in [6.45, 7) is 2.01. The Hall–Kier alpha value is -1.31. The van der Waals surface area contributed by atoms with Gasteiger partial charge in [-0.1, -0.05) is 6.07 Å². The zero-order valence-electron chi connectivity index (χ0n) is 7.18. The normalized spacial score (nSPS) is 13.7. The van der Waals surface area contributed by atoms with Gasteiger partial charge < -0.3 is 4.74 Å². The maximum Gasteiger partial charge on any atom is 0.171 e. The van der Waals surface area contributed by atoms with E-state index in [1.807, 2.05) is 19.1 Å². The quantitative estimate of drug-likeness (QED) is 0.628. The van der Waals surface area contributed by atoms with Crippen molar-refractivity contribution in [1.29, 1.82) is 0 Å². The monoisotopic (exact) mass is 162 g/mol. The molecule has 0 fully saturated rings. The summed E-state index contributed by atoms with van der Waals surface area (Å²) < 4.78 is 5.11. The smallest absolute Gasteiger partial charge is 0.171 e. The molecule has 0 heterocycles. The molecule has 0 unspecified atom stereocenters. The van der Waals surface area contributed by atoms with Crippen molar-refractivity contribution >= 4 is 5.78 Å². The van der Waals surface area contributed by atoms with Crippen LogP contribution in [-0.2, 0) is 6.42 Å². The third-order valence-electron chi connectivity index (χ3n) is 2.18. The molecule has 2 heteroatoms. The molecular weight excluding hydrogens is 152 g/mol. The largest absolute Gasteiger partial charge is 0.496 e. The van der Waals surface area contributed by atoms with E-state index in [1.165, 1.54) is 0 Å². The summed E-state index contributed by atoms with van der Waals surface area (Å²) in [5.41, 5.74) is 3.05.